The molecular weight excluding hydrogens is 388 g/mol. The summed E-state index contributed by atoms with van der Waals surface area (Å²) in [5, 5.41) is 3.09. The maximum absolute atomic E-state index is 13.0. The number of ether oxygens (including phenoxy) is 1. The molecule has 7 heteroatoms. The molecule has 2 aromatic rings. The number of benzene rings is 2. The van der Waals surface area contributed by atoms with Crippen molar-refractivity contribution in [2.24, 2.45) is 0 Å². The predicted octanol–water partition coefficient (Wildman–Crippen LogP) is 3.49. The third-order valence-electron chi connectivity index (χ3n) is 5.61. The number of methoxy groups -OCH3 is 1. The molecule has 0 radical (unpaired) electrons. The first-order valence-corrected chi connectivity index (χ1v) is 11.0. The van der Waals surface area contributed by atoms with E-state index in [4.69, 9.17) is 4.74 Å². The number of nitrogens with zero attached hydrogens (tertiary/aromatic N) is 1. The van der Waals surface area contributed by atoms with Crippen molar-refractivity contribution < 1.29 is 17.9 Å². The van der Waals surface area contributed by atoms with Crippen LogP contribution in [0.1, 0.15) is 54.2 Å². The van der Waals surface area contributed by atoms with Crippen molar-refractivity contribution >= 4 is 15.9 Å². The van der Waals surface area contributed by atoms with Crippen LogP contribution in [0.25, 0.3) is 0 Å². The van der Waals surface area contributed by atoms with Gasteiger partial charge in [0.2, 0.25) is 10.0 Å². The van der Waals surface area contributed by atoms with Gasteiger partial charge in [-0.3, -0.25) is 4.79 Å². The topological polar surface area (TPSA) is 75.7 Å². The summed E-state index contributed by atoms with van der Waals surface area (Å²) in [5.41, 5.74) is 2.70. The summed E-state index contributed by atoms with van der Waals surface area (Å²) in [6, 6.07) is 12.5. The van der Waals surface area contributed by atoms with E-state index in [0.717, 1.165) is 22.7 Å². The lowest BCUT2D eigenvalue weighted by atomic mass is 9.71. The Kier molecular flexibility index (Phi) is 5.74. The molecule has 2 aromatic carbocycles. The Morgan fingerprint density at radius 3 is 2.52 bits per heavy atom. The molecule has 156 valence electrons. The highest BCUT2D eigenvalue weighted by molar-refractivity contribution is 7.89. The lowest BCUT2D eigenvalue weighted by molar-refractivity contribution is 0.0929. The summed E-state index contributed by atoms with van der Waals surface area (Å²) >= 11 is 0. The molecule has 0 aliphatic heterocycles. The zero-order chi connectivity index (χ0) is 21.4. The van der Waals surface area contributed by atoms with Crippen LogP contribution in [0.4, 0.5) is 0 Å². The summed E-state index contributed by atoms with van der Waals surface area (Å²) < 4.78 is 31.6. The average molecular weight is 417 g/mol. The normalized spacial score (nSPS) is 18.2. The molecule has 0 bridgehead atoms. The summed E-state index contributed by atoms with van der Waals surface area (Å²) in [6.07, 6.45) is 1.78. The lowest BCUT2D eigenvalue weighted by Gasteiger charge is -2.37. The number of nitrogens with one attached hydrogen (secondary N) is 1. The molecule has 6 nitrogen and oxygen atoms in total. The summed E-state index contributed by atoms with van der Waals surface area (Å²) in [7, 11) is 0.556. The van der Waals surface area contributed by atoms with Crippen molar-refractivity contribution in [2.45, 2.75) is 43.0 Å². The van der Waals surface area contributed by atoms with E-state index in [9.17, 15) is 13.2 Å². The summed E-state index contributed by atoms with van der Waals surface area (Å²) in [4.78, 5) is 12.9. The van der Waals surface area contributed by atoms with Gasteiger partial charge < -0.3 is 10.1 Å². The van der Waals surface area contributed by atoms with Crippen molar-refractivity contribution in [3.63, 3.8) is 0 Å². The first-order chi connectivity index (χ1) is 13.6. The molecule has 1 N–H and O–H groups in total. The largest absolute Gasteiger partial charge is 0.495 e. The molecule has 1 unspecified atom stereocenters. The number of hydrogen-bond donors (Lipinski definition) is 1. The highest BCUT2D eigenvalue weighted by Crippen LogP contribution is 2.41. The van der Waals surface area contributed by atoms with E-state index in [2.05, 4.69) is 31.3 Å². The van der Waals surface area contributed by atoms with Crippen LogP contribution >= 0.6 is 0 Å². The third-order valence-corrected chi connectivity index (χ3v) is 7.45. The zero-order valence-corrected chi connectivity index (χ0v) is 18.3. The van der Waals surface area contributed by atoms with Gasteiger partial charge in [0.05, 0.1) is 13.2 Å². The van der Waals surface area contributed by atoms with Crippen molar-refractivity contribution in [1.82, 2.24) is 9.62 Å². The van der Waals surface area contributed by atoms with Gasteiger partial charge in [-0.05, 0) is 47.6 Å². The van der Waals surface area contributed by atoms with Crippen LogP contribution < -0.4 is 10.1 Å². The minimum atomic E-state index is -3.74. The van der Waals surface area contributed by atoms with Gasteiger partial charge in [-0.25, -0.2) is 12.7 Å². The Morgan fingerprint density at radius 2 is 1.86 bits per heavy atom. The van der Waals surface area contributed by atoms with E-state index in [-0.39, 0.29) is 33.6 Å². The van der Waals surface area contributed by atoms with Gasteiger partial charge in [0.1, 0.15) is 10.6 Å². The smallest absolute Gasteiger partial charge is 0.251 e. The maximum Gasteiger partial charge on any atom is 0.251 e. The Labute approximate surface area is 172 Å². The quantitative estimate of drug-likeness (QED) is 0.810. The van der Waals surface area contributed by atoms with Crippen LogP contribution in [0, 0.1) is 0 Å². The van der Waals surface area contributed by atoms with E-state index in [0.29, 0.717) is 0 Å². The Bertz CT molecular complexity index is 1030. The summed E-state index contributed by atoms with van der Waals surface area (Å²) in [5.74, 6) is -0.0950. The Balaban J connectivity index is 1.93. The van der Waals surface area contributed by atoms with Gasteiger partial charge in [0.15, 0.2) is 0 Å². The van der Waals surface area contributed by atoms with E-state index >= 15 is 0 Å². The minimum absolute atomic E-state index is 0.0252. The molecule has 1 amide bonds. The fourth-order valence-electron chi connectivity index (χ4n) is 3.82. The van der Waals surface area contributed by atoms with E-state index < -0.39 is 10.0 Å². The van der Waals surface area contributed by atoms with Crippen molar-refractivity contribution in [2.75, 3.05) is 21.2 Å². The monoisotopic (exact) mass is 416 g/mol. The molecule has 0 spiro atoms. The first-order valence-electron chi connectivity index (χ1n) is 9.59. The highest BCUT2D eigenvalue weighted by Gasteiger charge is 2.33. The molecule has 0 heterocycles. The fraction of sp³-hybridized carbons (Fsp3) is 0.409. The first kappa shape index (κ1) is 21.3. The minimum Gasteiger partial charge on any atom is -0.495 e. The second-order valence-corrected chi connectivity index (χ2v) is 10.3. The van der Waals surface area contributed by atoms with Crippen LogP contribution in [0.2, 0.25) is 0 Å². The number of carbonyl (C=O) groups is 1. The molecule has 1 aliphatic carbocycles. The number of carbonyl (C=O) groups excluding carboxylic acids is 1. The number of rotatable bonds is 5. The molecule has 0 saturated heterocycles. The lowest BCUT2D eigenvalue weighted by Crippen LogP contribution is -2.35. The molecule has 0 fully saturated rings. The predicted molar refractivity (Wildman–Crippen MR) is 113 cm³/mol. The fourth-order valence-corrected chi connectivity index (χ4v) is 4.90. The molecule has 1 atom stereocenters. The van der Waals surface area contributed by atoms with Gasteiger partial charge in [0.25, 0.3) is 5.91 Å². The van der Waals surface area contributed by atoms with Crippen molar-refractivity contribution in [3.8, 4) is 5.75 Å². The van der Waals surface area contributed by atoms with Crippen molar-refractivity contribution in [1.29, 1.82) is 0 Å². The van der Waals surface area contributed by atoms with E-state index in [1.54, 1.807) is 6.07 Å². The third kappa shape index (κ3) is 4.02. The van der Waals surface area contributed by atoms with Crippen molar-refractivity contribution in [3.05, 3.63) is 59.2 Å². The Morgan fingerprint density at radius 1 is 1.17 bits per heavy atom. The second kappa shape index (κ2) is 7.80. The van der Waals surface area contributed by atoms with Crippen LogP contribution in [-0.4, -0.2) is 39.8 Å². The Hall–Kier alpha value is -2.38. The molecule has 0 aromatic heterocycles. The second-order valence-electron chi connectivity index (χ2n) is 8.19. The molecular formula is C22H28N2O4S. The van der Waals surface area contributed by atoms with Crippen LogP contribution in [0.5, 0.6) is 5.75 Å². The average Bonchev–Trinajstić information content (AvgIpc) is 2.69. The number of fused-ring (bicyclic) bond motifs is 1. The molecule has 3 rings (SSSR count). The molecule has 1 aliphatic rings. The standard InChI is InChI=1S/C22H28N2O4S/c1-22(2)13-12-18(16-8-6-7-9-17(16)22)23-21(25)15-10-11-19(28-5)20(14-15)29(26,27)24(3)4/h6-11,14,18H,12-13H2,1-5H3,(H,23,25). The van der Waals surface area contributed by atoms with E-state index in [1.165, 1.54) is 38.9 Å². The summed E-state index contributed by atoms with van der Waals surface area (Å²) in [6.45, 7) is 4.43. The SMILES string of the molecule is COc1ccc(C(=O)NC2CCC(C)(C)c3ccccc32)cc1S(=O)(=O)N(C)C. The molecule has 0 saturated carbocycles. The van der Waals surface area contributed by atoms with Gasteiger partial charge >= 0.3 is 0 Å². The van der Waals surface area contributed by atoms with Crippen LogP contribution in [-0.2, 0) is 15.4 Å². The van der Waals surface area contributed by atoms with E-state index in [1.807, 2.05) is 12.1 Å². The van der Waals surface area contributed by atoms with Crippen LogP contribution in [0.3, 0.4) is 0 Å². The molecule has 29 heavy (non-hydrogen) atoms. The number of hydrogen-bond acceptors (Lipinski definition) is 4. The zero-order valence-electron chi connectivity index (χ0n) is 17.5. The van der Waals surface area contributed by atoms with Gasteiger partial charge in [0, 0.05) is 19.7 Å². The van der Waals surface area contributed by atoms with Gasteiger partial charge in [-0.1, -0.05) is 38.1 Å². The number of amides is 1. The van der Waals surface area contributed by atoms with Gasteiger partial charge in [-0.2, -0.15) is 0 Å². The van der Waals surface area contributed by atoms with Gasteiger partial charge in [-0.15, -0.1) is 0 Å². The van der Waals surface area contributed by atoms with Crippen LogP contribution in [0.15, 0.2) is 47.4 Å². The maximum atomic E-state index is 13.0. The number of sulfonamides is 1. The highest BCUT2D eigenvalue weighted by atomic mass is 32.2.